The molecule has 0 aliphatic heterocycles. The van der Waals surface area contributed by atoms with Crippen molar-refractivity contribution in [3.63, 3.8) is 0 Å². The third kappa shape index (κ3) is 3.84. The van der Waals surface area contributed by atoms with Crippen LogP contribution >= 0.6 is 0 Å². The third-order valence-electron chi connectivity index (χ3n) is 3.38. The molecule has 0 aromatic heterocycles. The van der Waals surface area contributed by atoms with E-state index in [0.717, 1.165) is 36.6 Å². The summed E-state index contributed by atoms with van der Waals surface area (Å²) in [5.74, 6) is 1.82. The average molecular weight is 269 g/mol. The minimum absolute atomic E-state index is 0.899. The van der Waals surface area contributed by atoms with E-state index in [0.29, 0.717) is 0 Å². The predicted molar refractivity (Wildman–Crippen MR) is 84.4 cm³/mol. The molecule has 0 unspecified atom stereocenters. The lowest BCUT2D eigenvalue weighted by Crippen LogP contribution is -2.14. The molecule has 0 saturated heterocycles. The van der Waals surface area contributed by atoms with Crippen molar-refractivity contribution in [1.29, 1.82) is 0 Å². The van der Waals surface area contributed by atoms with Gasteiger partial charge in [0.2, 0.25) is 0 Å². The molecule has 0 aliphatic rings. The summed E-state index contributed by atoms with van der Waals surface area (Å²) in [5.41, 5.74) is 3.74. The first kappa shape index (κ1) is 14.6. The van der Waals surface area contributed by atoms with Crippen molar-refractivity contribution in [2.24, 2.45) is 0 Å². The van der Waals surface area contributed by atoms with E-state index in [4.69, 9.17) is 4.74 Å². The minimum Gasteiger partial charge on any atom is -0.457 e. The van der Waals surface area contributed by atoms with Crippen molar-refractivity contribution in [3.8, 4) is 11.5 Å². The van der Waals surface area contributed by atoms with Gasteiger partial charge in [-0.15, -0.1) is 0 Å². The molecule has 1 N–H and O–H groups in total. The zero-order chi connectivity index (χ0) is 14.4. The molecule has 2 rings (SSSR count). The van der Waals surface area contributed by atoms with E-state index in [9.17, 15) is 0 Å². The quantitative estimate of drug-likeness (QED) is 0.774. The molecular formula is C18H23NO. The van der Waals surface area contributed by atoms with Crippen LogP contribution in [0.15, 0.2) is 42.5 Å². The Labute approximate surface area is 121 Å². The van der Waals surface area contributed by atoms with E-state index in [1.165, 1.54) is 11.1 Å². The number of rotatable bonds is 6. The Bertz CT molecular complexity index is 563. The molecule has 0 saturated carbocycles. The summed E-state index contributed by atoms with van der Waals surface area (Å²) in [6.07, 6.45) is 1.16. The normalized spacial score (nSPS) is 10.6. The van der Waals surface area contributed by atoms with Gasteiger partial charge in [0, 0.05) is 6.54 Å². The van der Waals surface area contributed by atoms with Gasteiger partial charge in [-0.05, 0) is 61.7 Å². The van der Waals surface area contributed by atoms with E-state index in [1.807, 2.05) is 24.3 Å². The minimum atomic E-state index is 0.899. The molecule has 0 bridgehead atoms. The highest BCUT2D eigenvalue weighted by atomic mass is 16.5. The molecule has 0 heterocycles. The highest BCUT2D eigenvalue weighted by Crippen LogP contribution is 2.26. The lowest BCUT2D eigenvalue weighted by atomic mass is 10.1. The summed E-state index contributed by atoms with van der Waals surface area (Å²) in [6, 6.07) is 14.4. The Balaban J connectivity index is 2.07. The Morgan fingerprint density at radius 3 is 2.50 bits per heavy atom. The van der Waals surface area contributed by atoms with E-state index in [2.05, 4.69) is 44.3 Å². The van der Waals surface area contributed by atoms with Crippen molar-refractivity contribution in [3.05, 3.63) is 59.2 Å². The molecule has 20 heavy (non-hydrogen) atoms. The first-order valence-electron chi connectivity index (χ1n) is 7.24. The van der Waals surface area contributed by atoms with Crippen LogP contribution in [0.2, 0.25) is 0 Å². The zero-order valence-electron chi connectivity index (χ0n) is 12.6. The first-order chi connectivity index (χ1) is 9.70. The van der Waals surface area contributed by atoms with Crippen LogP contribution in [0.4, 0.5) is 0 Å². The summed E-state index contributed by atoms with van der Waals surface area (Å²) in [7, 11) is 0. The number of hydrogen-bond donors (Lipinski definition) is 1. The van der Waals surface area contributed by atoms with Gasteiger partial charge < -0.3 is 10.1 Å². The fraction of sp³-hybridized carbons (Fsp3) is 0.333. The maximum atomic E-state index is 5.95. The largest absolute Gasteiger partial charge is 0.457 e. The molecule has 0 radical (unpaired) electrons. The first-order valence-corrected chi connectivity index (χ1v) is 7.24. The Hall–Kier alpha value is -1.80. The van der Waals surface area contributed by atoms with E-state index in [-0.39, 0.29) is 0 Å². The molecular weight excluding hydrogens is 246 g/mol. The number of aryl methyl sites for hydroxylation is 2. The Kier molecular flexibility index (Phi) is 5.19. The van der Waals surface area contributed by atoms with Crippen LogP contribution in [0.1, 0.15) is 30.0 Å². The summed E-state index contributed by atoms with van der Waals surface area (Å²) in [4.78, 5) is 0. The molecule has 0 spiro atoms. The second-order valence-electron chi connectivity index (χ2n) is 5.13. The molecule has 0 atom stereocenters. The van der Waals surface area contributed by atoms with Crippen LogP contribution in [0.25, 0.3) is 0 Å². The van der Waals surface area contributed by atoms with Crippen molar-refractivity contribution >= 4 is 0 Å². The van der Waals surface area contributed by atoms with Gasteiger partial charge in [0.15, 0.2) is 0 Å². The fourth-order valence-electron chi connectivity index (χ4n) is 2.13. The van der Waals surface area contributed by atoms with Crippen LogP contribution in [0.5, 0.6) is 11.5 Å². The second-order valence-corrected chi connectivity index (χ2v) is 5.13. The lowest BCUT2D eigenvalue weighted by molar-refractivity contribution is 0.478. The van der Waals surface area contributed by atoms with Gasteiger partial charge in [-0.3, -0.25) is 0 Å². The van der Waals surface area contributed by atoms with Crippen LogP contribution in [0.3, 0.4) is 0 Å². The average Bonchev–Trinajstić information content (AvgIpc) is 2.44. The number of ether oxygens (including phenoxy) is 1. The summed E-state index contributed by atoms with van der Waals surface area (Å²) in [6.45, 7) is 8.35. The zero-order valence-corrected chi connectivity index (χ0v) is 12.6. The SMILES string of the molecule is CCCNCc1ccc(Oc2ccccc2C)cc1C. The van der Waals surface area contributed by atoms with Crippen LogP contribution in [-0.4, -0.2) is 6.54 Å². The standard InChI is InChI=1S/C18H23NO/c1-4-11-19-13-16-9-10-17(12-15(16)3)20-18-8-6-5-7-14(18)2/h5-10,12,19H,4,11,13H2,1-3H3. The Morgan fingerprint density at radius 1 is 1.00 bits per heavy atom. The predicted octanol–water partition coefficient (Wildman–Crippen LogP) is 4.60. The highest BCUT2D eigenvalue weighted by molar-refractivity contribution is 5.40. The van der Waals surface area contributed by atoms with Crippen molar-refractivity contribution < 1.29 is 4.74 Å². The molecule has 106 valence electrons. The van der Waals surface area contributed by atoms with Gasteiger partial charge in [-0.1, -0.05) is 31.2 Å². The fourth-order valence-corrected chi connectivity index (χ4v) is 2.13. The van der Waals surface area contributed by atoms with Gasteiger partial charge in [0.05, 0.1) is 0 Å². The topological polar surface area (TPSA) is 21.3 Å². The van der Waals surface area contributed by atoms with E-state index in [1.54, 1.807) is 0 Å². The van der Waals surface area contributed by atoms with Gasteiger partial charge >= 0.3 is 0 Å². The van der Waals surface area contributed by atoms with Crippen LogP contribution in [-0.2, 0) is 6.54 Å². The number of hydrogen-bond acceptors (Lipinski definition) is 2. The van der Waals surface area contributed by atoms with Crippen molar-refractivity contribution in [2.75, 3.05) is 6.54 Å². The van der Waals surface area contributed by atoms with Gasteiger partial charge in [0.25, 0.3) is 0 Å². The summed E-state index contributed by atoms with van der Waals surface area (Å²) >= 11 is 0. The molecule has 2 aromatic rings. The number of benzene rings is 2. The van der Waals surface area contributed by atoms with E-state index < -0.39 is 0 Å². The molecule has 2 heteroatoms. The maximum absolute atomic E-state index is 5.95. The second kappa shape index (κ2) is 7.11. The lowest BCUT2D eigenvalue weighted by Gasteiger charge is -2.12. The summed E-state index contributed by atoms with van der Waals surface area (Å²) < 4.78 is 5.95. The maximum Gasteiger partial charge on any atom is 0.130 e. The van der Waals surface area contributed by atoms with Gasteiger partial charge in [-0.2, -0.15) is 0 Å². The number of nitrogens with one attached hydrogen (secondary N) is 1. The molecule has 0 fully saturated rings. The Morgan fingerprint density at radius 2 is 1.80 bits per heavy atom. The molecule has 2 aromatic carbocycles. The molecule has 0 amide bonds. The van der Waals surface area contributed by atoms with Gasteiger partial charge in [-0.25, -0.2) is 0 Å². The molecule has 2 nitrogen and oxygen atoms in total. The number of para-hydroxylation sites is 1. The summed E-state index contributed by atoms with van der Waals surface area (Å²) in [5, 5.41) is 3.43. The molecule has 0 aliphatic carbocycles. The monoisotopic (exact) mass is 269 g/mol. The third-order valence-corrected chi connectivity index (χ3v) is 3.38. The van der Waals surface area contributed by atoms with Crippen LogP contribution in [0, 0.1) is 13.8 Å². The van der Waals surface area contributed by atoms with Crippen molar-refractivity contribution in [1.82, 2.24) is 5.32 Å². The highest BCUT2D eigenvalue weighted by Gasteiger charge is 2.03. The van der Waals surface area contributed by atoms with Crippen LogP contribution < -0.4 is 10.1 Å². The smallest absolute Gasteiger partial charge is 0.130 e. The van der Waals surface area contributed by atoms with E-state index >= 15 is 0 Å². The van der Waals surface area contributed by atoms with Gasteiger partial charge in [0.1, 0.15) is 11.5 Å². The van der Waals surface area contributed by atoms with Crippen molar-refractivity contribution in [2.45, 2.75) is 33.7 Å².